The zero-order valence-electron chi connectivity index (χ0n) is 12.9. The van der Waals surface area contributed by atoms with Crippen molar-refractivity contribution >= 4 is 5.91 Å². The topological polar surface area (TPSA) is 32.3 Å². The lowest BCUT2D eigenvalue weighted by atomic mass is 10.1. The molecule has 1 aromatic carbocycles. The molecule has 7 heteroatoms. The molecule has 128 valence electrons. The molecule has 0 aliphatic carbocycles. The molecule has 0 bridgehead atoms. The van der Waals surface area contributed by atoms with Crippen molar-refractivity contribution in [1.82, 2.24) is 10.2 Å². The largest absolute Gasteiger partial charge is 0.416 e. The second-order valence-corrected chi connectivity index (χ2v) is 5.87. The van der Waals surface area contributed by atoms with E-state index in [9.17, 15) is 22.4 Å². The second-order valence-electron chi connectivity index (χ2n) is 5.87. The lowest BCUT2D eigenvalue weighted by Crippen LogP contribution is -2.44. The van der Waals surface area contributed by atoms with E-state index in [0.717, 1.165) is 44.4 Å². The summed E-state index contributed by atoms with van der Waals surface area (Å²) in [6.07, 6.45) is -0.782. The van der Waals surface area contributed by atoms with E-state index in [1.54, 1.807) is 0 Å². The van der Waals surface area contributed by atoms with Crippen LogP contribution in [0.2, 0.25) is 0 Å². The molecule has 1 heterocycles. The fraction of sp³-hybridized carbons (Fsp3) is 0.562. The summed E-state index contributed by atoms with van der Waals surface area (Å²) in [5.74, 6) is -1.18. The first kappa shape index (κ1) is 17.7. The Kier molecular flexibility index (Phi) is 5.62. The van der Waals surface area contributed by atoms with Crippen LogP contribution in [0.5, 0.6) is 0 Å². The molecule has 1 fully saturated rings. The van der Waals surface area contributed by atoms with Gasteiger partial charge >= 0.3 is 6.18 Å². The Labute approximate surface area is 132 Å². The fourth-order valence-corrected chi connectivity index (χ4v) is 2.75. The molecule has 1 aliphatic rings. The fourth-order valence-electron chi connectivity index (χ4n) is 2.75. The second kappa shape index (κ2) is 7.29. The van der Waals surface area contributed by atoms with Crippen LogP contribution in [-0.4, -0.2) is 30.4 Å². The number of hydrogen-bond acceptors (Lipinski definition) is 2. The van der Waals surface area contributed by atoms with Crippen molar-refractivity contribution in [3.63, 3.8) is 0 Å². The lowest BCUT2D eigenvalue weighted by molar-refractivity contribution is -0.137. The van der Waals surface area contributed by atoms with Crippen LogP contribution >= 0.6 is 0 Å². The molecule has 23 heavy (non-hydrogen) atoms. The summed E-state index contributed by atoms with van der Waals surface area (Å²) in [6, 6.07) is 2.08. The molecule has 1 amide bonds. The average molecular weight is 332 g/mol. The number of halogens is 4. The molecule has 0 saturated carbocycles. The zero-order chi connectivity index (χ0) is 17.0. The van der Waals surface area contributed by atoms with Crippen LogP contribution < -0.4 is 5.32 Å². The zero-order valence-corrected chi connectivity index (χ0v) is 12.9. The average Bonchev–Trinajstić information content (AvgIpc) is 2.69. The lowest BCUT2D eigenvalue weighted by Gasteiger charge is -2.24. The molecular weight excluding hydrogens is 312 g/mol. The van der Waals surface area contributed by atoms with Gasteiger partial charge in [0.2, 0.25) is 5.91 Å². The maximum Gasteiger partial charge on any atom is 0.416 e. The highest BCUT2D eigenvalue weighted by Crippen LogP contribution is 2.30. The summed E-state index contributed by atoms with van der Waals surface area (Å²) >= 11 is 0. The third kappa shape index (κ3) is 4.67. The number of hydrogen-bond donors (Lipinski definition) is 1. The van der Waals surface area contributed by atoms with Crippen LogP contribution in [0.1, 0.15) is 36.8 Å². The van der Waals surface area contributed by atoms with Crippen LogP contribution in [0.25, 0.3) is 0 Å². The van der Waals surface area contributed by atoms with Crippen molar-refractivity contribution in [3.8, 4) is 0 Å². The van der Waals surface area contributed by atoms with Crippen LogP contribution in [0, 0.1) is 5.82 Å². The van der Waals surface area contributed by atoms with E-state index in [1.165, 1.54) is 0 Å². The number of rotatable bonds is 3. The van der Waals surface area contributed by atoms with E-state index in [4.69, 9.17) is 0 Å². The van der Waals surface area contributed by atoms with E-state index >= 15 is 0 Å². The number of likely N-dealkylation sites (tertiary alicyclic amines) is 1. The highest BCUT2D eigenvalue weighted by atomic mass is 19.4. The number of alkyl halides is 3. The molecule has 0 spiro atoms. The van der Waals surface area contributed by atoms with Crippen molar-refractivity contribution in [2.45, 2.75) is 44.4 Å². The monoisotopic (exact) mass is 332 g/mol. The van der Waals surface area contributed by atoms with Gasteiger partial charge in [0.15, 0.2) is 0 Å². The molecule has 0 aromatic heterocycles. The number of carbonyl (C=O) groups excluding carboxylic acids is 1. The van der Waals surface area contributed by atoms with E-state index in [2.05, 4.69) is 5.32 Å². The predicted molar refractivity (Wildman–Crippen MR) is 78.1 cm³/mol. The van der Waals surface area contributed by atoms with E-state index in [1.807, 2.05) is 11.9 Å². The molecule has 1 aromatic rings. The van der Waals surface area contributed by atoms with Crippen LogP contribution in [-0.2, 0) is 17.5 Å². The molecule has 0 unspecified atom stereocenters. The van der Waals surface area contributed by atoms with Crippen molar-refractivity contribution < 1.29 is 22.4 Å². The van der Waals surface area contributed by atoms with Gasteiger partial charge in [-0.25, -0.2) is 4.39 Å². The summed E-state index contributed by atoms with van der Waals surface area (Å²) < 4.78 is 51.2. The molecule has 1 saturated heterocycles. The number of nitrogens with zero attached hydrogens (tertiary/aromatic N) is 1. The van der Waals surface area contributed by atoms with Gasteiger partial charge in [-0.1, -0.05) is 18.9 Å². The van der Waals surface area contributed by atoms with Gasteiger partial charge < -0.3 is 5.32 Å². The molecule has 1 aliphatic heterocycles. The molecule has 1 N–H and O–H groups in total. The standard InChI is InChI=1S/C16H20F4N2O/c1-22-8-4-2-3-5-14(22)15(23)21-10-11-6-7-12(9-13(11)17)16(18,19)20/h6-7,9,14H,2-5,8,10H2,1H3,(H,21,23)/t14-/m1/s1. The molecule has 0 radical (unpaired) electrons. The van der Waals surface area contributed by atoms with Gasteiger partial charge in [0.1, 0.15) is 5.82 Å². The maximum atomic E-state index is 13.8. The van der Waals surface area contributed by atoms with E-state index < -0.39 is 17.6 Å². The normalized spacial score (nSPS) is 20.1. The van der Waals surface area contributed by atoms with Gasteiger partial charge in [-0.3, -0.25) is 9.69 Å². The first-order valence-corrected chi connectivity index (χ1v) is 7.62. The number of benzene rings is 1. The quantitative estimate of drug-likeness (QED) is 0.861. The predicted octanol–water partition coefficient (Wildman–Crippen LogP) is 3.34. The third-order valence-electron chi connectivity index (χ3n) is 4.16. The smallest absolute Gasteiger partial charge is 0.351 e. The van der Waals surface area contributed by atoms with Gasteiger partial charge in [-0.2, -0.15) is 13.2 Å². The molecule has 3 nitrogen and oxygen atoms in total. The van der Waals surface area contributed by atoms with Crippen LogP contribution in [0.15, 0.2) is 18.2 Å². The first-order chi connectivity index (χ1) is 10.8. The van der Waals surface area contributed by atoms with Crippen molar-refractivity contribution in [3.05, 3.63) is 35.1 Å². The molecular formula is C16H20F4N2O. The Morgan fingerprint density at radius 1 is 1.30 bits per heavy atom. The maximum absolute atomic E-state index is 13.8. The minimum Gasteiger partial charge on any atom is -0.351 e. The Balaban J connectivity index is 1.98. The first-order valence-electron chi connectivity index (χ1n) is 7.62. The summed E-state index contributed by atoms with van der Waals surface area (Å²) in [4.78, 5) is 14.2. The van der Waals surface area contributed by atoms with E-state index in [0.29, 0.717) is 6.07 Å². The number of carbonyl (C=O) groups is 1. The Hall–Kier alpha value is -1.63. The Morgan fingerprint density at radius 2 is 2.04 bits per heavy atom. The van der Waals surface area contributed by atoms with Gasteiger partial charge in [0.05, 0.1) is 11.6 Å². The van der Waals surface area contributed by atoms with Crippen LogP contribution in [0.4, 0.5) is 17.6 Å². The minimum atomic E-state index is -4.58. The number of likely N-dealkylation sites (N-methyl/N-ethyl adjacent to an activating group) is 1. The number of amides is 1. The minimum absolute atomic E-state index is 0.0441. The van der Waals surface area contributed by atoms with Crippen molar-refractivity contribution in [2.75, 3.05) is 13.6 Å². The highest BCUT2D eigenvalue weighted by Gasteiger charge is 2.31. The van der Waals surface area contributed by atoms with Crippen LogP contribution in [0.3, 0.4) is 0 Å². The van der Waals surface area contributed by atoms with Gasteiger partial charge in [-0.15, -0.1) is 0 Å². The van der Waals surface area contributed by atoms with Gasteiger partial charge in [0.25, 0.3) is 0 Å². The van der Waals surface area contributed by atoms with E-state index in [-0.39, 0.29) is 24.1 Å². The summed E-state index contributed by atoms with van der Waals surface area (Å²) in [5.41, 5.74) is -0.990. The number of nitrogens with one attached hydrogen (secondary N) is 1. The highest BCUT2D eigenvalue weighted by molar-refractivity contribution is 5.81. The van der Waals surface area contributed by atoms with Crippen molar-refractivity contribution in [2.24, 2.45) is 0 Å². The Bertz CT molecular complexity index is 560. The summed E-state index contributed by atoms with van der Waals surface area (Å²) in [5, 5.41) is 2.62. The van der Waals surface area contributed by atoms with Crippen molar-refractivity contribution in [1.29, 1.82) is 0 Å². The third-order valence-corrected chi connectivity index (χ3v) is 4.16. The molecule has 1 atom stereocenters. The van der Waals surface area contributed by atoms with Gasteiger partial charge in [0, 0.05) is 12.1 Å². The SMILES string of the molecule is CN1CCCCC[C@@H]1C(=O)NCc1ccc(C(F)(F)F)cc1F. The summed E-state index contributed by atoms with van der Waals surface area (Å²) in [7, 11) is 1.87. The summed E-state index contributed by atoms with van der Waals surface area (Å²) in [6.45, 7) is 0.708. The molecule has 2 rings (SSSR count). The van der Waals surface area contributed by atoms with Gasteiger partial charge in [-0.05, 0) is 38.6 Å². The Morgan fingerprint density at radius 3 is 2.70 bits per heavy atom.